The van der Waals surface area contributed by atoms with E-state index in [4.69, 9.17) is 29.7 Å². The van der Waals surface area contributed by atoms with Gasteiger partial charge in [-0.1, -0.05) is 26.0 Å². The Bertz CT molecular complexity index is 755. The second kappa shape index (κ2) is 24.0. The number of nitrogens with two attached hydrogens (primary N) is 1. The van der Waals surface area contributed by atoms with Crippen LogP contribution < -0.4 is 21.7 Å². The van der Waals surface area contributed by atoms with Crippen molar-refractivity contribution in [3.05, 3.63) is 29.8 Å². The number of likely N-dealkylation sites (N-methyl/N-ethyl adjacent to an activating group) is 1. The Balaban J connectivity index is 0.000000735. The van der Waals surface area contributed by atoms with Gasteiger partial charge in [-0.15, -0.1) is 0 Å². The molecule has 0 radical (unpaired) electrons. The summed E-state index contributed by atoms with van der Waals surface area (Å²) in [7, 11) is -0.632. The Morgan fingerprint density at radius 2 is 1.55 bits per heavy atom. The monoisotopic (exact) mass is 562 g/mol. The van der Waals surface area contributed by atoms with Crippen molar-refractivity contribution in [2.24, 2.45) is 11.7 Å². The smallest absolute Gasteiger partial charge is 0.327 e. The highest BCUT2D eigenvalue weighted by Gasteiger charge is 2.14. The molecular formula is C24H43N4O9P. The van der Waals surface area contributed by atoms with Crippen LogP contribution in [0.25, 0.3) is 0 Å². The van der Waals surface area contributed by atoms with E-state index in [1.807, 2.05) is 13.8 Å². The third-order valence-corrected chi connectivity index (χ3v) is 4.95. The number of nitrogens with one attached hydrogen (secondary N) is 3. The fraction of sp³-hybridized carbons (Fsp3) is 0.625. The summed E-state index contributed by atoms with van der Waals surface area (Å²) < 4.78 is 20.3. The molecule has 0 bridgehead atoms. The predicted octanol–water partition coefficient (Wildman–Crippen LogP) is 0.297. The van der Waals surface area contributed by atoms with E-state index < -0.39 is 14.6 Å². The lowest BCUT2D eigenvalue weighted by Crippen LogP contribution is -2.40. The van der Waals surface area contributed by atoms with Gasteiger partial charge >= 0.3 is 8.60 Å². The minimum Gasteiger partial charge on any atom is -0.379 e. The van der Waals surface area contributed by atoms with Crippen LogP contribution in [0.1, 0.15) is 25.8 Å². The van der Waals surface area contributed by atoms with Crippen LogP contribution in [-0.4, -0.2) is 93.7 Å². The van der Waals surface area contributed by atoms with Crippen molar-refractivity contribution in [2.45, 2.75) is 32.9 Å². The lowest BCUT2D eigenvalue weighted by molar-refractivity contribution is -0.125. The molecule has 0 saturated carbocycles. The molecule has 2 amide bonds. The van der Waals surface area contributed by atoms with Crippen LogP contribution in [0.3, 0.4) is 0 Å². The van der Waals surface area contributed by atoms with Crippen LogP contribution in [-0.2, 0) is 39.7 Å². The number of benzene rings is 1. The van der Waals surface area contributed by atoms with Crippen molar-refractivity contribution in [1.29, 1.82) is 0 Å². The van der Waals surface area contributed by atoms with Gasteiger partial charge in [0.05, 0.1) is 58.8 Å². The highest BCUT2D eigenvalue weighted by Crippen LogP contribution is 2.26. The molecule has 1 atom stereocenters. The highest BCUT2D eigenvalue weighted by atomic mass is 31.2. The summed E-state index contributed by atoms with van der Waals surface area (Å²) in [5, 5.41) is 8.10. The molecule has 218 valence electrons. The Hall–Kier alpha value is -2.06. The zero-order valence-corrected chi connectivity index (χ0v) is 23.3. The molecule has 7 N–H and O–H groups in total. The van der Waals surface area contributed by atoms with Gasteiger partial charge in [0.25, 0.3) is 0 Å². The fourth-order valence-corrected chi connectivity index (χ4v) is 2.85. The van der Waals surface area contributed by atoms with Gasteiger partial charge in [-0.05, 0) is 30.7 Å². The number of aldehydes is 1. The first kappa shape index (κ1) is 35.9. The highest BCUT2D eigenvalue weighted by molar-refractivity contribution is 7.39. The van der Waals surface area contributed by atoms with E-state index in [0.717, 1.165) is 11.8 Å². The van der Waals surface area contributed by atoms with Gasteiger partial charge < -0.3 is 55.0 Å². The molecule has 0 heterocycles. The van der Waals surface area contributed by atoms with E-state index in [-0.39, 0.29) is 37.3 Å². The molecule has 0 aromatic heterocycles. The Morgan fingerprint density at radius 1 is 0.974 bits per heavy atom. The molecule has 1 unspecified atom stereocenters. The molecule has 0 saturated heterocycles. The first-order valence-electron chi connectivity index (χ1n) is 12.3. The third-order valence-electron chi connectivity index (χ3n) is 4.59. The Morgan fingerprint density at radius 3 is 2.05 bits per heavy atom. The number of rotatable bonds is 20. The Labute approximate surface area is 225 Å². The average Bonchev–Trinajstić information content (AvgIpc) is 2.88. The van der Waals surface area contributed by atoms with Crippen LogP contribution in [0.5, 0.6) is 0 Å². The molecule has 0 aliphatic carbocycles. The standard InChI is InChI=1S/C14H28N2O5.C10H15N2O4P/c1-12(2)13(11-17)16-14(18)3-5-19-7-9-21-10-8-20-6-4-15;1-11-6-10(13)12-9-4-2-8(3-5-9)7-16-17(14)15/h11-13H,3-10,15H2,1-2H3,(H,16,18);2-5,11,14-15H,6-7H2,1H3,(H,12,13). The number of hydrogen-bond donors (Lipinski definition) is 6. The second-order valence-electron chi connectivity index (χ2n) is 8.15. The van der Waals surface area contributed by atoms with Crippen molar-refractivity contribution in [1.82, 2.24) is 10.6 Å². The minimum atomic E-state index is -2.33. The van der Waals surface area contributed by atoms with Crippen LogP contribution in [0.4, 0.5) is 5.69 Å². The lowest BCUT2D eigenvalue weighted by Gasteiger charge is -2.16. The van der Waals surface area contributed by atoms with Crippen LogP contribution >= 0.6 is 8.60 Å². The van der Waals surface area contributed by atoms with Crippen molar-refractivity contribution < 1.29 is 42.9 Å². The number of carbonyl (C=O) groups excluding carboxylic acids is 3. The van der Waals surface area contributed by atoms with Crippen LogP contribution in [0.2, 0.25) is 0 Å². The van der Waals surface area contributed by atoms with Crippen LogP contribution in [0, 0.1) is 5.92 Å². The largest absolute Gasteiger partial charge is 0.379 e. The van der Waals surface area contributed by atoms with Gasteiger partial charge in [-0.25, -0.2) is 0 Å². The van der Waals surface area contributed by atoms with Gasteiger partial charge in [0, 0.05) is 18.7 Å². The van der Waals surface area contributed by atoms with Gasteiger partial charge in [0.15, 0.2) is 0 Å². The lowest BCUT2D eigenvalue weighted by atomic mass is 10.1. The maximum absolute atomic E-state index is 11.5. The summed E-state index contributed by atoms with van der Waals surface area (Å²) in [4.78, 5) is 50.7. The molecule has 38 heavy (non-hydrogen) atoms. The molecule has 1 aromatic rings. The zero-order valence-electron chi connectivity index (χ0n) is 22.4. The zero-order chi connectivity index (χ0) is 28.6. The predicted molar refractivity (Wildman–Crippen MR) is 144 cm³/mol. The summed E-state index contributed by atoms with van der Waals surface area (Å²) in [6.07, 6.45) is 0.987. The first-order chi connectivity index (χ1) is 18.2. The number of hydrogen-bond acceptors (Lipinski definition) is 11. The summed E-state index contributed by atoms with van der Waals surface area (Å²) in [6.45, 7) is 7.38. The molecule has 0 spiro atoms. The van der Waals surface area contributed by atoms with Gasteiger partial charge in [-0.2, -0.15) is 0 Å². The summed E-state index contributed by atoms with van der Waals surface area (Å²) >= 11 is 0. The maximum Gasteiger partial charge on any atom is 0.327 e. The van der Waals surface area contributed by atoms with E-state index in [9.17, 15) is 14.4 Å². The van der Waals surface area contributed by atoms with Gasteiger partial charge in [-0.3, -0.25) is 9.59 Å². The SMILES string of the molecule is CC(C)C(C=O)NC(=O)CCOCCOCCOCCN.CNCC(=O)Nc1ccc(COP(O)O)cc1. The molecule has 13 nitrogen and oxygen atoms in total. The van der Waals surface area contributed by atoms with Gasteiger partial charge in [0.2, 0.25) is 11.8 Å². The van der Waals surface area contributed by atoms with Crippen molar-refractivity contribution >= 4 is 32.4 Å². The summed E-state index contributed by atoms with van der Waals surface area (Å²) in [5.74, 6) is -0.218. The van der Waals surface area contributed by atoms with Crippen LogP contribution in [0.15, 0.2) is 24.3 Å². The van der Waals surface area contributed by atoms with Crippen molar-refractivity contribution in [3.63, 3.8) is 0 Å². The first-order valence-corrected chi connectivity index (χ1v) is 13.4. The van der Waals surface area contributed by atoms with Crippen molar-refractivity contribution in [3.8, 4) is 0 Å². The molecule has 1 rings (SSSR count). The minimum absolute atomic E-state index is 0.0854. The number of anilines is 1. The normalized spacial score (nSPS) is 11.6. The van der Waals surface area contributed by atoms with E-state index in [0.29, 0.717) is 51.9 Å². The van der Waals surface area contributed by atoms with Gasteiger partial charge in [0.1, 0.15) is 6.29 Å². The summed E-state index contributed by atoms with van der Waals surface area (Å²) in [6, 6.07) is 6.50. The quantitative estimate of drug-likeness (QED) is 0.0728. The van der Waals surface area contributed by atoms with E-state index in [2.05, 4.69) is 20.5 Å². The molecule has 0 aliphatic heterocycles. The molecule has 0 fully saturated rings. The maximum atomic E-state index is 11.5. The van der Waals surface area contributed by atoms with E-state index in [1.165, 1.54) is 0 Å². The average molecular weight is 563 g/mol. The molecule has 14 heteroatoms. The number of amides is 2. The Kier molecular flexibility index (Phi) is 22.7. The topological polar surface area (TPSA) is 191 Å². The summed E-state index contributed by atoms with van der Waals surface area (Å²) in [5.41, 5.74) is 6.75. The molecule has 0 aliphatic rings. The van der Waals surface area contributed by atoms with Crippen molar-refractivity contribution in [2.75, 3.05) is 65.1 Å². The third kappa shape index (κ3) is 20.9. The van der Waals surface area contributed by atoms with E-state index in [1.54, 1.807) is 31.3 Å². The fourth-order valence-electron chi connectivity index (χ4n) is 2.59. The molecular weight excluding hydrogens is 519 g/mol. The van der Waals surface area contributed by atoms with E-state index >= 15 is 0 Å². The number of carbonyl (C=O) groups is 3. The molecule has 1 aromatic carbocycles. The number of ether oxygens (including phenoxy) is 3. The second-order valence-corrected chi connectivity index (χ2v) is 8.91.